The van der Waals surface area contributed by atoms with Crippen LogP contribution in [0.3, 0.4) is 0 Å². The van der Waals surface area contributed by atoms with Gasteiger partial charge in [0, 0.05) is 12.6 Å². The van der Waals surface area contributed by atoms with Crippen molar-refractivity contribution in [2.45, 2.75) is 37.8 Å². The molecule has 140 valence electrons. The minimum absolute atomic E-state index is 0.281. The lowest BCUT2D eigenvalue weighted by Crippen LogP contribution is -2.39. The Morgan fingerprint density at radius 3 is 2.81 bits per heavy atom. The van der Waals surface area contributed by atoms with Crippen molar-refractivity contribution in [2.24, 2.45) is 0 Å². The number of aryl methyl sites for hydroxylation is 1. The summed E-state index contributed by atoms with van der Waals surface area (Å²) < 4.78 is 11.0. The summed E-state index contributed by atoms with van der Waals surface area (Å²) in [4.78, 5) is 0. The third-order valence-corrected chi connectivity index (χ3v) is 5.06. The van der Waals surface area contributed by atoms with Gasteiger partial charge in [0.15, 0.2) is 0 Å². The maximum absolute atomic E-state index is 10.2. The van der Waals surface area contributed by atoms with E-state index in [1.165, 1.54) is 11.1 Å². The molecule has 0 radical (unpaired) electrons. The third kappa shape index (κ3) is 5.13. The maximum atomic E-state index is 10.2. The molecule has 1 aliphatic rings. The van der Waals surface area contributed by atoms with Gasteiger partial charge in [-0.3, -0.25) is 0 Å². The van der Waals surface area contributed by atoms with Gasteiger partial charge in [0.05, 0.1) is 12.1 Å². The van der Waals surface area contributed by atoms with E-state index < -0.39 is 6.10 Å². The molecule has 0 aliphatic heterocycles. The van der Waals surface area contributed by atoms with Crippen LogP contribution in [-0.2, 0) is 12.8 Å². The monoisotopic (exact) mass is 375 g/mol. The minimum Gasteiger partial charge on any atom is -0.495 e. The number of hydrogen-bond donors (Lipinski definition) is 2. The van der Waals surface area contributed by atoms with Gasteiger partial charge in [0.1, 0.15) is 24.2 Å². The molecule has 3 rings (SSSR count). The van der Waals surface area contributed by atoms with Crippen LogP contribution in [0.4, 0.5) is 0 Å². The Bertz CT molecular complexity index is 708. The first kappa shape index (κ1) is 19.0. The fourth-order valence-corrected chi connectivity index (χ4v) is 3.63. The van der Waals surface area contributed by atoms with Gasteiger partial charge in [-0.15, -0.1) is 0 Å². The standard InChI is InChI=1S/C21H26ClNO3/c1-25-21-12-16-10-17(7-5-6-15(16)11-20(21)22)23-13-18(24)14-26-19-8-3-2-4-9-19/h2-4,8-9,11-12,17-18,23-24H,5-7,10,13-14H2,1H3. The van der Waals surface area contributed by atoms with Crippen molar-refractivity contribution in [1.29, 1.82) is 0 Å². The minimum atomic E-state index is -0.544. The Morgan fingerprint density at radius 2 is 2.04 bits per heavy atom. The van der Waals surface area contributed by atoms with Crippen molar-refractivity contribution < 1.29 is 14.6 Å². The van der Waals surface area contributed by atoms with Gasteiger partial charge < -0.3 is 19.9 Å². The first-order valence-electron chi connectivity index (χ1n) is 9.10. The predicted molar refractivity (Wildman–Crippen MR) is 104 cm³/mol. The molecule has 0 aromatic heterocycles. The number of rotatable bonds is 7. The van der Waals surface area contributed by atoms with Crippen LogP contribution in [0.2, 0.25) is 5.02 Å². The molecule has 0 amide bonds. The van der Waals surface area contributed by atoms with E-state index in [-0.39, 0.29) is 6.61 Å². The summed E-state index contributed by atoms with van der Waals surface area (Å²) in [6.07, 6.45) is 3.56. The Labute approximate surface area is 160 Å². The highest BCUT2D eigenvalue weighted by atomic mass is 35.5. The number of aliphatic hydroxyl groups is 1. The molecule has 2 aromatic carbocycles. The lowest BCUT2D eigenvalue weighted by atomic mass is 10.0. The summed E-state index contributed by atoms with van der Waals surface area (Å²) in [6.45, 7) is 0.793. The molecule has 2 unspecified atom stereocenters. The lowest BCUT2D eigenvalue weighted by Gasteiger charge is -2.20. The summed E-state index contributed by atoms with van der Waals surface area (Å²) in [5.41, 5.74) is 2.57. The second-order valence-electron chi connectivity index (χ2n) is 6.73. The zero-order valence-corrected chi connectivity index (χ0v) is 15.8. The van der Waals surface area contributed by atoms with E-state index in [1.807, 2.05) is 42.5 Å². The van der Waals surface area contributed by atoms with Crippen molar-refractivity contribution in [2.75, 3.05) is 20.3 Å². The highest BCUT2D eigenvalue weighted by Gasteiger charge is 2.19. The van der Waals surface area contributed by atoms with Crippen LogP contribution in [0.1, 0.15) is 24.0 Å². The molecule has 0 fully saturated rings. The third-order valence-electron chi connectivity index (χ3n) is 4.77. The molecular formula is C21H26ClNO3. The maximum Gasteiger partial charge on any atom is 0.137 e. The average Bonchev–Trinajstić information content (AvgIpc) is 2.86. The molecule has 2 N–H and O–H groups in total. The van der Waals surface area contributed by atoms with E-state index in [1.54, 1.807) is 7.11 Å². The molecule has 0 saturated heterocycles. The smallest absolute Gasteiger partial charge is 0.137 e. The molecule has 26 heavy (non-hydrogen) atoms. The number of aliphatic hydroxyl groups excluding tert-OH is 1. The molecule has 2 aromatic rings. The van der Waals surface area contributed by atoms with Crippen LogP contribution in [0, 0.1) is 0 Å². The Morgan fingerprint density at radius 1 is 1.23 bits per heavy atom. The van der Waals surface area contributed by atoms with Gasteiger partial charge in [0.2, 0.25) is 0 Å². The topological polar surface area (TPSA) is 50.7 Å². The van der Waals surface area contributed by atoms with Gasteiger partial charge in [-0.05, 0) is 61.1 Å². The molecule has 2 atom stereocenters. The second kappa shape index (κ2) is 9.26. The van der Waals surface area contributed by atoms with Crippen LogP contribution >= 0.6 is 11.6 Å². The number of hydrogen-bond acceptors (Lipinski definition) is 4. The summed E-state index contributed by atoms with van der Waals surface area (Å²) in [7, 11) is 1.64. The quantitative estimate of drug-likeness (QED) is 0.726. The van der Waals surface area contributed by atoms with Crippen molar-refractivity contribution in [1.82, 2.24) is 5.32 Å². The van der Waals surface area contributed by atoms with Crippen molar-refractivity contribution in [3.05, 3.63) is 58.6 Å². The predicted octanol–water partition coefficient (Wildman–Crippen LogP) is 3.63. The highest BCUT2D eigenvalue weighted by molar-refractivity contribution is 6.32. The second-order valence-corrected chi connectivity index (χ2v) is 7.14. The zero-order chi connectivity index (χ0) is 18.4. The van der Waals surface area contributed by atoms with E-state index in [2.05, 4.69) is 5.32 Å². The van der Waals surface area contributed by atoms with E-state index in [0.29, 0.717) is 17.6 Å². The molecule has 0 heterocycles. The largest absolute Gasteiger partial charge is 0.495 e. The number of ether oxygens (including phenoxy) is 2. The normalized spacial score (nSPS) is 17.9. The van der Waals surface area contributed by atoms with Crippen molar-refractivity contribution in [3.63, 3.8) is 0 Å². The molecule has 0 spiro atoms. The van der Waals surface area contributed by atoms with Crippen LogP contribution in [-0.4, -0.2) is 37.5 Å². The van der Waals surface area contributed by atoms with E-state index >= 15 is 0 Å². The molecule has 5 heteroatoms. The molecule has 0 bridgehead atoms. The van der Waals surface area contributed by atoms with Gasteiger partial charge in [-0.25, -0.2) is 0 Å². The average molecular weight is 376 g/mol. The Kier molecular flexibility index (Phi) is 6.78. The molecule has 0 saturated carbocycles. The number of methoxy groups -OCH3 is 1. The molecule has 4 nitrogen and oxygen atoms in total. The van der Waals surface area contributed by atoms with E-state index in [0.717, 1.165) is 37.2 Å². The SMILES string of the molecule is COc1cc2c(cc1Cl)CCCC(NCC(O)COc1ccccc1)C2. The Balaban J connectivity index is 1.52. The van der Waals surface area contributed by atoms with E-state index in [4.69, 9.17) is 21.1 Å². The fourth-order valence-electron chi connectivity index (χ4n) is 3.37. The number of para-hydroxylation sites is 1. The van der Waals surface area contributed by atoms with Gasteiger partial charge in [-0.1, -0.05) is 29.8 Å². The first-order valence-corrected chi connectivity index (χ1v) is 9.48. The number of fused-ring (bicyclic) bond motifs is 1. The lowest BCUT2D eigenvalue weighted by molar-refractivity contribution is 0.103. The number of benzene rings is 2. The van der Waals surface area contributed by atoms with Gasteiger partial charge in [-0.2, -0.15) is 0 Å². The molecular weight excluding hydrogens is 350 g/mol. The summed E-state index contributed by atoms with van der Waals surface area (Å²) in [5.74, 6) is 1.50. The van der Waals surface area contributed by atoms with Gasteiger partial charge in [0.25, 0.3) is 0 Å². The zero-order valence-electron chi connectivity index (χ0n) is 15.1. The summed E-state index contributed by atoms with van der Waals surface area (Å²) in [5, 5.41) is 14.4. The number of nitrogens with one attached hydrogen (secondary N) is 1. The fraction of sp³-hybridized carbons (Fsp3) is 0.429. The van der Waals surface area contributed by atoms with Gasteiger partial charge >= 0.3 is 0 Å². The summed E-state index contributed by atoms with van der Waals surface area (Å²) in [6, 6.07) is 14.0. The highest BCUT2D eigenvalue weighted by Crippen LogP contribution is 2.31. The summed E-state index contributed by atoms with van der Waals surface area (Å²) >= 11 is 6.25. The Hall–Kier alpha value is -1.75. The van der Waals surface area contributed by atoms with Crippen LogP contribution in [0.5, 0.6) is 11.5 Å². The van der Waals surface area contributed by atoms with Crippen molar-refractivity contribution in [3.8, 4) is 11.5 Å². The van der Waals surface area contributed by atoms with E-state index in [9.17, 15) is 5.11 Å². The van der Waals surface area contributed by atoms with Crippen LogP contribution in [0.15, 0.2) is 42.5 Å². The van der Waals surface area contributed by atoms with Crippen LogP contribution < -0.4 is 14.8 Å². The molecule has 1 aliphatic carbocycles. The van der Waals surface area contributed by atoms with Crippen molar-refractivity contribution >= 4 is 11.6 Å². The number of halogens is 1. The van der Waals surface area contributed by atoms with Crippen LogP contribution in [0.25, 0.3) is 0 Å². The first-order chi connectivity index (χ1) is 12.7.